The number of sulfonamides is 1. The lowest BCUT2D eigenvalue weighted by molar-refractivity contribution is 0.254. The van der Waals surface area contributed by atoms with Gasteiger partial charge in [0.25, 0.3) is 0 Å². The Kier molecular flexibility index (Phi) is 7.10. The van der Waals surface area contributed by atoms with Gasteiger partial charge in [-0.3, -0.25) is 9.67 Å². The third-order valence-electron chi connectivity index (χ3n) is 5.15. The second-order valence-corrected chi connectivity index (χ2v) is 9.46. The Bertz CT molecular complexity index is 931. The Morgan fingerprint density at radius 1 is 1.33 bits per heavy atom. The average Bonchev–Trinajstić information content (AvgIpc) is 3.36. The number of rotatable bonds is 7. The van der Waals surface area contributed by atoms with E-state index in [1.165, 1.54) is 10.6 Å². The van der Waals surface area contributed by atoms with Crippen LogP contribution in [0.5, 0.6) is 0 Å². The highest BCUT2D eigenvalue weighted by atomic mass is 32.2. The summed E-state index contributed by atoms with van der Waals surface area (Å²) >= 11 is 0. The van der Waals surface area contributed by atoms with Crippen LogP contribution in [0.4, 0.5) is 0 Å². The maximum absolute atomic E-state index is 12.6. The molecule has 0 bridgehead atoms. The van der Waals surface area contributed by atoms with Gasteiger partial charge in [-0.1, -0.05) is 5.16 Å². The molecule has 1 saturated heterocycles. The first-order chi connectivity index (χ1) is 14.3. The van der Waals surface area contributed by atoms with E-state index >= 15 is 0 Å². The summed E-state index contributed by atoms with van der Waals surface area (Å²) in [6.07, 6.45) is 5.26. The normalized spacial score (nSPS) is 17.5. The van der Waals surface area contributed by atoms with Crippen LogP contribution in [0.15, 0.2) is 34.2 Å². The quantitative estimate of drug-likeness (QED) is 0.465. The Morgan fingerprint density at radius 3 is 2.60 bits per heavy atom. The number of nitrogens with zero attached hydrogens (tertiary/aromatic N) is 7. The molecule has 0 amide bonds. The fourth-order valence-corrected chi connectivity index (χ4v) is 4.92. The van der Waals surface area contributed by atoms with Crippen molar-refractivity contribution < 1.29 is 12.9 Å². The van der Waals surface area contributed by atoms with Crippen LogP contribution in [0.3, 0.4) is 0 Å². The molecule has 0 saturated carbocycles. The van der Waals surface area contributed by atoms with Gasteiger partial charge < -0.3 is 19.6 Å². The van der Waals surface area contributed by atoms with Crippen molar-refractivity contribution in [1.29, 1.82) is 0 Å². The molecule has 1 unspecified atom stereocenters. The number of nitrogens with one attached hydrogen (secondary N) is 1. The van der Waals surface area contributed by atoms with Crippen molar-refractivity contribution in [2.75, 3.05) is 53.9 Å². The van der Waals surface area contributed by atoms with Crippen molar-refractivity contribution in [2.45, 2.75) is 11.8 Å². The lowest BCUT2D eigenvalue weighted by Gasteiger charge is -2.36. The van der Waals surface area contributed by atoms with E-state index in [-0.39, 0.29) is 11.8 Å². The molecule has 1 aliphatic rings. The smallest absolute Gasteiger partial charge is 0.220 e. The summed E-state index contributed by atoms with van der Waals surface area (Å²) in [6, 6.07) is 1.71. The van der Waals surface area contributed by atoms with Crippen molar-refractivity contribution in [3.8, 4) is 0 Å². The van der Waals surface area contributed by atoms with E-state index in [2.05, 4.69) is 30.4 Å². The van der Waals surface area contributed by atoms with Crippen LogP contribution in [-0.2, 0) is 22.8 Å². The average molecular weight is 439 g/mol. The van der Waals surface area contributed by atoms with Crippen molar-refractivity contribution in [3.63, 3.8) is 0 Å². The topological polar surface area (TPSA) is 112 Å². The van der Waals surface area contributed by atoms with Crippen molar-refractivity contribution >= 4 is 16.0 Å². The van der Waals surface area contributed by atoms with Crippen LogP contribution in [0, 0.1) is 0 Å². The fraction of sp³-hybridized carbons (Fsp3) is 0.611. The number of likely N-dealkylation sites (N-methyl/N-ethyl adjacent to an activating group) is 1. The van der Waals surface area contributed by atoms with Crippen LogP contribution in [0.1, 0.15) is 17.3 Å². The number of aryl methyl sites for hydroxylation is 1. The number of aromatic nitrogens is 3. The SMILES string of the molecule is CN=C(NCC(c1cnn(C)c1)N(C)C)N1CCN(S(=O)(=O)Cc2ccon2)CC1. The van der Waals surface area contributed by atoms with E-state index in [4.69, 9.17) is 4.52 Å². The Labute approximate surface area is 177 Å². The van der Waals surface area contributed by atoms with Crippen molar-refractivity contribution in [2.24, 2.45) is 12.0 Å². The molecule has 1 fully saturated rings. The van der Waals surface area contributed by atoms with E-state index in [9.17, 15) is 8.42 Å². The van der Waals surface area contributed by atoms with Gasteiger partial charge in [0.05, 0.1) is 17.9 Å². The Hall–Kier alpha value is -2.44. The number of hydrogen-bond donors (Lipinski definition) is 1. The summed E-state index contributed by atoms with van der Waals surface area (Å²) in [5.74, 6) is 0.617. The number of hydrogen-bond acceptors (Lipinski definition) is 7. The molecule has 166 valence electrons. The van der Waals surface area contributed by atoms with Crippen LogP contribution in [-0.4, -0.2) is 97.3 Å². The first-order valence-electron chi connectivity index (χ1n) is 9.78. The highest BCUT2D eigenvalue weighted by Crippen LogP contribution is 2.17. The largest absolute Gasteiger partial charge is 0.364 e. The zero-order chi connectivity index (χ0) is 21.7. The maximum atomic E-state index is 12.6. The molecule has 0 radical (unpaired) electrons. The summed E-state index contributed by atoms with van der Waals surface area (Å²) in [4.78, 5) is 8.60. The molecule has 1 aliphatic heterocycles. The summed E-state index contributed by atoms with van der Waals surface area (Å²) in [6.45, 7) is 2.60. The summed E-state index contributed by atoms with van der Waals surface area (Å²) in [7, 11) is 4.27. The van der Waals surface area contributed by atoms with Crippen LogP contribution >= 0.6 is 0 Å². The molecule has 1 N–H and O–H groups in total. The molecular formula is C18H30N8O3S. The van der Waals surface area contributed by atoms with Gasteiger partial charge in [-0.25, -0.2) is 8.42 Å². The van der Waals surface area contributed by atoms with Crippen molar-refractivity contribution in [3.05, 3.63) is 36.0 Å². The van der Waals surface area contributed by atoms with Gasteiger partial charge in [-0.15, -0.1) is 0 Å². The van der Waals surface area contributed by atoms with Gasteiger partial charge in [0, 0.05) is 64.6 Å². The van der Waals surface area contributed by atoms with Gasteiger partial charge in [0.1, 0.15) is 12.0 Å². The monoisotopic (exact) mass is 438 g/mol. The van der Waals surface area contributed by atoms with E-state index in [0.717, 1.165) is 11.5 Å². The fourth-order valence-electron chi connectivity index (χ4n) is 3.50. The standard InChI is InChI=1S/C18H30N8O3S/c1-19-18(20-12-17(23(2)3)15-11-21-24(4)13-15)25-6-8-26(9-7-25)30(27,28)14-16-5-10-29-22-16/h5,10-11,13,17H,6-9,12,14H2,1-4H3,(H,19,20). The Balaban J connectivity index is 1.55. The number of guanidine groups is 1. The van der Waals surface area contributed by atoms with E-state index in [0.29, 0.717) is 38.4 Å². The minimum atomic E-state index is -3.42. The van der Waals surface area contributed by atoms with E-state index in [1.807, 2.05) is 33.5 Å². The molecule has 12 heteroatoms. The predicted molar refractivity (Wildman–Crippen MR) is 113 cm³/mol. The third-order valence-corrected chi connectivity index (χ3v) is 6.96. The van der Waals surface area contributed by atoms with Gasteiger partial charge in [-0.05, 0) is 14.1 Å². The number of piperazine rings is 1. The molecule has 30 heavy (non-hydrogen) atoms. The zero-order valence-corrected chi connectivity index (χ0v) is 18.7. The van der Waals surface area contributed by atoms with E-state index < -0.39 is 10.0 Å². The van der Waals surface area contributed by atoms with Gasteiger partial charge in [-0.2, -0.15) is 9.40 Å². The van der Waals surface area contributed by atoms with Gasteiger partial charge in [0.2, 0.25) is 10.0 Å². The third kappa shape index (κ3) is 5.37. The van der Waals surface area contributed by atoms with Crippen LogP contribution < -0.4 is 5.32 Å². The van der Waals surface area contributed by atoms with Gasteiger partial charge in [0.15, 0.2) is 5.96 Å². The lowest BCUT2D eigenvalue weighted by Crippen LogP contribution is -2.54. The second-order valence-electron chi connectivity index (χ2n) is 7.49. The molecule has 0 aromatic carbocycles. The highest BCUT2D eigenvalue weighted by molar-refractivity contribution is 7.88. The summed E-state index contributed by atoms with van der Waals surface area (Å²) in [5, 5.41) is 11.4. The molecule has 3 heterocycles. The van der Waals surface area contributed by atoms with Crippen LogP contribution in [0.2, 0.25) is 0 Å². The minimum Gasteiger partial charge on any atom is -0.364 e. The highest BCUT2D eigenvalue weighted by Gasteiger charge is 2.29. The first kappa shape index (κ1) is 22.2. The first-order valence-corrected chi connectivity index (χ1v) is 11.4. The summed E-state index contributed by atoms with van der Waals surface area (Å²) in [5.41, 5.74) is 1.54. The van der Waals surface area contributed by atoms with Crippen molar-refractivity contribution in [1.82, 2.24) is 34.4 Å². The molecule has 3 rings (SSSR count). The van der Waals surface area contributed by atoms with Gasteiger partial charge >= 0.3 is 0 Å². The molecule has 0 spiro atoms. The second kappa shape index (κ2) is 9.58. The molecule has 1 atom stereocenters. The molecule has 2 aromatic heterocycles. The molecule has 0 aliphatic carbocycles. The lowest BCUT2D eigenvalue weighted by atomic mass is 10.1. The predicted octanol–water partition coefficient (Wildman–Crippen LogP) is -0.266. The molecular weight excluding hydrogens is 408 g/mol. The Morgan fingerprint density at radius 2 is 2.07 bits per heavy atom. The number of aliphatic imine (C=N–C) groups is 1. The maximum Gasteiger partial charge on any atom is 0.220 e. The van der Waals surface area contributed by atoms with Crippen LogP contribution in [0.25, 0.3) is 0 Å². The molecule has 11 nitrogen and oxygen atoms in total. The van der Waals surface area contributed by atoms with E-state index in [1.54, 1.807) is 17.8 Å². The summed E-state index contributed by atoms with van der Waals surface area (Å²) < 4.78 is 33.3. The zero-order valence-electron chi connectivity index (χ0n) is 17.9. The minimum absolute atomic E-state index is 0.138. The molecule has 2 aromatic rings.